The summed E-state index contributed by atoms with van der Waals surface area (Å²) in [5.74, 6) is -0.680. The minimum atomic E-state index is -0.380. The molecule has 3 aliphatic rings. The normalized spacial score (nSPS) is 25.0. The molecule has 1 saturated heterocycles. The summed E-state index contributed by atoms with van der Waals surface area (Å²) in [7, 11) is 1.56. The van der Waals surface area contributed by atoms with Crippen molar-refractivity contribution in [2.24, 2.45) is 23.7 Å². The van der Waals surface area contributed by atoms with Crippen molar-refractivity contribution in [2.75, 3.05) is 12.0 Å². The molecule has 162 valence electrons. The molecule has 1 heterocycles. The van der Waals surface area contributed by atoms with Gasteiger partial charge in [-0.25, -0.2) is 4.90 Å². The fourth-order valence-corrected chi connectivity index (χ4v) is 5.86. The van der Waals surface area contributed by atoms with Gasteiger partial charge in [-0.15, -0.1) is 0 Å². The number of carbonyl (C=O) groups is 2. The maximum Gasteiger partial charge on any atom is 0.238 e. The first-order valence-corrected chi connectivity index (χ1v) is 11.2. The molecule has 33 heavy (non-hydrogen) atoms. The number of methoxy groups -OCH3 is 1. The fraction of sp³-hybridized carbons (Fsp3) is 0.172. The number of carbonyl (C=O) groups excluding carboxylic acids is 2. The van der Waals surface area contributed by atoms with Gasteiger partial charge in [-0.2, -0.15) is 0 Å². The molecule has 1 aliphatic heterocycles. The lowest BCUT2D eigenvalue weighted by molar-refractivity contribution is -0.123. The van der Waals surface area contributed by atoms with Crippen LogP contribution in [0.2, 0.25) is 0 Å². The molecule has 4 nitrogen and oxygen atoms in total. The van der Waals surface area contributed by atoms with E-state index in [1.165, 1.54) is 10.5 Å². The highest BCUT2D eigenvalue weighted by Crippen LogP contribution is 2.59. The molecule has 4 atom stereocenters. The highest BCUT2D eigenvalue weighted by atomic mass is 16.5. The quantitative estimate of drug-likeness (QED) is 0.424. The van der Waals surface area contributed by atoms with Gasteiger partial charge in [0.1, 0.15) is 5.75 Å². The second kappa shape index (κ2) is 7.59. The molecule has 2 amide bonds. The summed E-state index contributed by atoms with van der Waals surface area (Å²) in [5.41, 5.74) is 5.07. The molecule has 6 rings (SSSR count). The van der Waals surface area contributed by atoms with Crippen molar-refractivity contribution in [1.82, 2.24) is 0 Å². The summed E-state index contributed by atoms with van der Waals surface area (Å²) in [4.78, 5) is 28.7. The summed E-state index contributed by atoms with van der Waals surface area (Å²) >= 11 is 0. The van der Waals surface area contributed by atoms with E-state index in [2.05, 4.69) is 36.4 Å². The molecule has 2 aliphatic carbocycles. The molecule has 0 N–H and O–H groups in total. The van der Waals surface area contributed by atoms with Crippen LogP contribution in [0.5, 0.6) is 5.75 Å². The van der Waals surface area contributed by atoms with Crippen LogP contribution in [0.4, 0.5) is 5.69 Å². The number of rotatable bonds is 4. The Morgan fingerprint density at radius 3 is 1.70 bits per heavy atom. The molecule has 0 unspecified atom stereocenters. The number of imide groups is 1. The average molecular weight is 434 g/mol. The maximum atomic E-state index is 13.7. The smallest absolute Gasteiger partial charge is 0.238 e. The van der Waals surface area contributed by atoms with Crippen LogP contribution in [-0.4, -0.2) is 18.9 Å². The summed E-state index contributed by atoms with van der Waals surface area (Å²) in [6, 6.07) is 27.8. The zero-order valence-electron chi connectivity index (χ0n) is 18.2. The van der Waals surface area contributed by atoms with E-state index in [0.29, 0.717) is 11.4 Å². The summed E-state index contributed by atoms with van der Waals surface area (Å²) in [6.45, 7) is 0. The zero-order chi connectivity index (χ0) is 22.5. The van der Waals surface area contributed by atoms with E-state index < -0.39 is 0 Å². The standard InChI is InChI=1S/C29H23NO3/c1-33-23-15-9-8-14-22(23)30-28(31)26-20-16-17-21(27(26)29(30)32)25(20)24(18-10-4-2-5-11-18)19-12-6-3-7-13-19/h2-17,20-21,26-27H,1H3/t20-,21+,26-,27-/m0/s1. The Morgan fingerprint density at radius 2 is 1.18 bits per heavy atom. The van der Waals surface area contributed by atoms with E-state index in [-0.39, 0.29) is 35.5 Å². The van der Waals surface area contributed by atoms with Gasteiger partial charge in [-0.3, -0.25) is 9.59 Å². The lowest BCUT2D eigenvalue weighted by atomic mass is 9.85. The number of hydrogen-bond acceptors (Lipinski definition) is 3. The number of fused-ring (bicyclic) bond motifs is 5. The van der Waals surface area contributed by atoms with E-state index in [9.17, 15) is 9.59 Å². The number of ether oxygens (including phenoxy) is 1. The maximum absolute atomic E-state index is 13.7. The molecular weight excluding hydrogens is 410 g/mol. The summed E-state index contributed by atoms with van der Waals surface area (Å²) in [5, 5.41) is 0. The second-order valence-electron chi connectivity index (χ2n) is 8.73. The number of benzene rings is 3. The first kappa shape index (κ1) is 19.7. The Labute approximate surface area is 192 Å². The second-order valence-corrected chi connectivity index (χ2v) is 8.73. The van der Waals surface area contributed by atoms with Gasteiger partial charge in [0.05, 0.1) is 24.6 Å². The third kappa shape index (κ3) is 2.83. The Hall–Kier alpha value is -3.92. The van der Waals surface area contributed by atoms with Crippen molar-refractivity contribution in [1.29, 1.82) is 0 Å². The number of para-hydroxylation sites is 2. The third-order valence-corrected chi connectivity index (χ3v) is 7.16. The predicted molar refractivity (Wildman–Crippen MR) is 127 cm³/mol. The number of hydrogen-bond donors (Lipinski definition) is 0. The average Bonchev–Trinajstić information content (AvgIpc) is 3.50. The van der Waals surface area contributed by atoms with Crippen LogP contribution < -0.4 is 9.64 Å². The SMILES string of the molecule is COc1ccccc1N1C(=O)[C@@H]2[C@@H](C1=O)[C@H]1C=C[C@@H]2C1=C(c1ccccc1)c1ccccc1. The molecule has 0 spiro atoms. The number of nitrogens with zero attached hydrogens (tertiary/aromatic N) is 1. The fourth-order valence-electron chi connectivity index (χ4n) is 5.86. The van der Waals surface area contributed by atoms with Crippen molar-refractivity contribution < 1.29 is 14.3 Å². The lowest BCUT2D eigenvalue weighted by Gasteiger charge is -2.22. The first-order valence-electron chi connectivity index (χ1n) is 11.2. The summed E-state index contributed by atoms with van der Waals surface area (Å²) in [6.07, 6.45) is 4.26. The van der Waals surface area contributed by atoms with Crippen LogP contribution in [0.1, 0.15) is 11.1 Å². The molecule has 2 fully saturated rings. The van der Waals surface area contributed by atoms with E-state index in [4.69, 9.17) is 4.74 Å². The number of anilines is 1. The largest absolute Gasteiger partial charge is 0.495 e. The monoisotopic (exact) mass is 433 g/mol. The van der Waals surface area contributed by atoms with Crippen molar-refractivity contribution in [3.63, 3.8) is 0 Å². The summed E-state index contributed by atoms with van der Waals surface area (Å²) < 4.78 is 5.45. The van der Waals surface area contributed by atoms with Gasteiger partial charge < -0.3 is 4.74 Å². The van der Waals surface area contributed by atoms with Crippen LogP contribution in [0.25, 0.3) is 5.57 Å². The van der Waals surface area contributed by atoms with Crippen LogP contribution >= 0.6 is 0 Å². The van der Waals surface area contributed by atoms with Crippen LogP contribution in [-0.2, 0) is 9.59 Å². The first-order chi connectivity index (χ1) is 16.2. The molecule has 3 aromatic carbocycles. The lowest BCUT2D eigenvalue weighted by Crippen LogP contribution is -2.33. The van der Waals surface area contributed by atoms with E-state index in [1.807, 2.05) is 48.5 Å². The molecule has 0 aromatic heterocycles. The molecule has 1 saturated carbocycles. The topological polar surface area (TPSA) is 46.6 Å². The van der Waals surface area contributed by atoms with Crippen molar-refractivity contribution in [2.45, 2.75) is 0 Å². The van der Waals surface area contributed by atoms with Gasteiger partial charge in [-0.1, -0.05) is 84.9 Å². The number of amides is 2. The van der Waals surface area contributed by atoms with Gasteiger partial charge in [-0.05, 0) is 34.4 Å². The Kier molecular flexibility index (Phi) is 4.54. The number of allylic oxidation sites excluding steroid dienone is 3. The minimum absolute atomic E-state index is 0.0911. The zero-order valence-corrected chi connectivity index (χ0v) is 18.2. The minimum Gasteiger partial charge on any atom is -0.495 e. The molecule has 4 heteroatoms. The molecule has 3 aromatic rings. The van der Waals surface area contributed by atoms with Crippen LogP contribution in [0, 0.1) is 23.7 Å². The van der Waals surface area contributed by atoms with Crippen molar-refractivity contribution in [3.05, 3.63) is 114 Å². The van der Waals surface area contributed by atoms with Gasteiger partial charge in [0.25, 0.3) is 0 Å². The highest BCUT2D eigenvalue weighted by molar-refractivity contribution is 6.24. The molecule has 2 bridgehead atoms. The highest BCUT2D eigenvalue weighted by Gasteiger charge is 2.62. The van der Waals surface area contributed by atoms with Gasteiger partial charge in [0.15, 0.2) is 0 Å². The van der Waals surface area contributed by atoms with Crippen LogP contribution in [0.3, 0.4) is 0 Å². The molecular formula is C29H23NO3. The molecule has 0 radical (unpaired) electrons. The Morgan fingerprint density at radius 1 is 0.697 bits per heavy atom. The van der Waals surface area contributed by atoms with Crippen molar-refractivity contribution >= 4 is 23.1 Å². The van der Waals surface area contributed by atoms with Gasteiger partial charge in [0, 0.05) is 11.8 Å². The van der Waals surface area contributed by atoms with Crippen molar-refractivity contribution in [3.8, 4) is 5.75 Å². The third-order valence-electron chi connectivity index (χ3n) is 7.16. The van der Waals surface area contributed by atoms with Gasteiger partial charge >= 0.3 is 0 Å². The Bertz CT molecular complexity index is 1230. The van der Waals surface area contributed by atoms with E-state index >= 15 is 0 Å². The predicted octanol–water partition coefficient (Wildman–Crippen LogP) is 5.12. The van der Waals surface area contributed by atoms with Gasteiger partial charge in [0.2, 0.25) is 11.8 Å². The van der Waals surface area contributed by atoms with E-state index in [1.54, 1.807) is 19.2 Å². The van der Waals surface area contributed by atoms with Crippen LogP contribution in [0.15, 0.2) is 103 Å². The Balaban J connectivity index is 1.49. The van der Waals surface area contributed by atoms with E-state index in [0.717, 1.165) is 16.7 Å².